The Hall–Kier alpha value is -2.99. The van der Waals surface area contributed by atoms with Crippen LogP contribution in [-0.4, -0.2) is 98.8 Å². The molecule has 3 aliphatic heterocycles. The van der Waals surface area contributed by atoms with Gasteiger partial charge in [-0.1, -0.05) is 6.07 Å². The van der Waals surface area contributed by atoms with E-state index >= 15 is 0 Å². The zero-order valence-electron chi connectivity index (χ0n) is 22.9. The Morgan fingerprint density at radius 1 is 1.12 bits per heavy atom. The van der Waals surface area contributed by atoms with Crippen molar-refractivity contribution in [1.29, 1.82) is 0 Å². The molecule has 5 rings (SSSR count). The highest BCUT2D eigenvalue weighted by molar-refractivity contribution is 7.10. The van der Waals surface area contributed by atoms with Gasteiger partial charge in [0, 0.05) is 37.2 Å². The van der Waals surface area contributed by atoms with Crippen molar-refractivity contribution in [3.05, 3.63) is 46.2 Å². The normalized spacial score (nSPS) is 23.3. The van der Waals surface area contributed by atoms with Crippen LogP contribution < -0.4 is 15.4 Å². The van der Waals surface area contributed by atoms with Crippen molar-refractivity contribution in [3.63, 3.8) is 0 Å². The second-order valence-corrected chi connectivity index (χ2v) is 11.6. The first kappa shape index (κ1) is 28.5. The van der Waals surface area contributed by atoms with Crippen LogP contribution in [0.1, 0.15) is 40.9 Å². The number of morpholine rings is 1. The Kier molecular flexibility index (Phi) is 9.69. The maximum atomic E-state index is 13.5. The minimum Gasteiger partial charge on any atom is -0.490 e. The van der Waals surface area contributed by atoms with Gasteiger partial charge in [0.25, 0.3) is 5.91 Å². The number of amides is 3. The van der Waals surface area contributed by atoms with Crippen molar-refractivity contribution in [2.45, 2.75) is 50.4 Å². The van der Waals surface area contributed by atoms with Gasteiger partial charge in [-0.3, -0.25) is 19.3 Å². The molecule has 216 valence electrons. The molecule has 0 bridgehead atoms. The first-order chi connectivity index (χ1) is 19.5. The van der Waals surface area contributed by atoms with E-state index in [1.807, 2.05) is 17.5 Å². The first-order valence-electron chi connectivity index (χ1n) is 14.0. The van der Waals surface area contributed by atoms with E-state index in [1.165, 1.54) is 11.3 Å². The summed E-state index contributed by atoms with van der Waals surface area (Å²) in [6.45, 7) is 5.32. The average molecular weight is 571 g/mol. The van der Waals surface area contributed by atoms with Crippen LogP contribution in [0, 0.1) is 0 Å². The van der Waals surface area contributed by atoms with Gasteiger partial charge in [0.2, 0.25) is 11.8 Å². The average Bonchev–Trinajstić information content (AvgIpc) is 3.47. The van der Waals surface area contributed by atoms with E-state index in [1.54, 1.807) is 30.1 Å². The van der Waals surface area contributed by atoms with Gasteiger partial charge in [-0.15, -0.1) is 11.3 Å². The minimum atomic E-state index is -0.333. The lowest BCUT2D eigenvalue weighted by Gasteiger charge is -2.42. The van der Waals surface area contributed by atoms with Gasteiger partial charge in [0.05, 0.1) is 43.8 Å². The Labute approximate surface area is 238 Å². The molecule has 3 atom stereocenters. The quantitative estimate of drug-likeness (QED) is 0.446. The summed E-state index contributed by atoms with van der Waals surface area (Å²) in [6, 6.07) is 8.81. The standard InChI is InChI=1S/C29H38N4O6S/c1-32-24-7-6-21(17-27(34)30-9-3-10-33-11-13-37-14-12-33)39-26(24)19-38-25-8-5-20(16-23(25)29(32)36)31-28(35)18-22-4-2-15-40-22/h2,4-5,8,15-16,21,24,26H,3,6-7,9-14,17-19H2,1H3,(H,30,34)(H,31,35)/t21-,24-,26-/m1/s1. The highest BCUT2D eigenvalue weighted by atomic mass is 32.1. The topological polar surface area (TPSA) is 109 Å². The molecule has 2 saturated heterocycles. The van der Waals surface area contributed by atoms with E-state index < -0.39 is 0 Å². The summed E-state index contributed by atoms with van der Waals surface area (Å²) in [5.41, 5.74) is 0.965. The number of benzene rings is 1. The highest BCUT2D eigenvalue weighted by Crippen LogP contribution is 2.32. The maximum Gasteiger partial charge on any atom is 0.257 e. The number of nitrogens with zero attached hydrogens (tertiary/aromatic N) is 2. The molecule has 2 aromatic rings. The third-order valence-corrected chi connectivity index (χ3v) is 8.58. The molecule has 11 heteroatoms. The van der Waals surface area contributed by atoms with Gasteiger partial charge >= 0.3 is 0 Å². The molecular weight excluding hydrogens is 532 g/mol. The number of carbonyl (C=O) groups is 3. The van der Waals surface area contributed by atoms with Crippen molar-refractivity contribution in [3.8, 4) is 5.75 Å². The Morgan fingerprint density at radius 2 is 1.98 bits per heavy atom. The van der Waals surface area contributed by atoms with Crippen LogP contribution in [0.3, 0.4) is 0 Å². The van der Waals surface area contributed by atoms with E-state index in [0.717, 1.165) is 50.6 Å². The molecule has 0 unspecified atom stereocenters. The molecule has 1 aromatic carbocycles. The molecular formula is C29H38N4O6S. The molecule has 2 fully saturated rings. The summed E-state index contributed by atoms with van der Waals surface area (Å²) in [5, 5.41) is 7.85. The molecule has 3 aliphatic rings. The van der Waals surface area contributed by atoms with Crippen LogP contribution in [-0.2, 0) is 25.5 Å². The highest BCUT2D eigenvalue weighted by Gasteiger charge is 2.39. The summed E-state index contributed by atoms with van der Waals surface area (Å²) in [4.78, 5) is 43.6. The number of rotatable bonds is 9. The zero-order valence-corrected chi connectivity index (χ0v) is 23.8. The van der Waals surface area contributed by atoms with Crippen LogP contribution in [0.4, 0.5) is 5.69 Å². The van der Waals surface area contributed by atoms with Crippen LogP contribution in [0.15, 0.2) is 35.7 Å². The van der Waals surface area contributed by atoms with Gasteiger partial charge in [0.15, 0.2) is 0 Å². The van der Waals surface area contributed by atoms with E-state index in [4.69, 9.17) is 14.2 Å². The number of fused-ring (bicyclic) bond motifs is 2. The monoisotopic (exact) mass is 570 g/mol. The van der Waals surface area contributed by atoms with Gasteiger partial charge in [-0.2, -0.15) is 0 Å². The van der Waals surface area contributed by atoms with Crippen molar-refractivity contribution in [2.24, 2.45) is 0 Å². The summed E-state index contributed by atoms with van der Waals surface area (Å²) < 4.78 is 17.7. The smallest absolute Gasteiger partial charge is 0.257 e. The minimum absolute atomic E-state index is 0.0133. The Bertz CT molecular complexity index is 1170. The van der Waals surface area contributed by atoms with Crippen LogP contribution >= 0.6 is 11.3 Å². The zero-order chi connectivity index (χ0) is 27.9. The number of hydrogen-bond donors (Lipinski definition) is 2. The number of carbonyl (C=O) groups excluding carboxylic acids is 3. The summed E-state index contributed by atoms with van der Waals surface area (Å²) in [5.74, 6) is 0.123. The van der Waals surface area contributed by atoms with E-state index in [-0.39, 0.29) is 49.0 Å². The fourth-order valence-corrected chi connectivity index (χ4v) is 6.22. The van der Waals surface area contributed by atoms with E-state index in [2.05, 4.69) is 15.5 Å². The fraction of sp³-hybridized carbons (Fsp3) is 0.552. The SMILES string of the molecule is CN1C(=O)c2cc(NC(=O)Cc3cccs3)ccc2OC[C@H]2O[C@@H](CC(=O)NCCCN3CCOCC3)CC[C@H]21. The Morgan fingerprint density at radius 3 is 2.77 bits per heavy atom. The number of likely N-dealkylation sites (N-methyl/N-ethyl adjacent to an activating group) is 1. The van der Waals surface area contributed by atoms with Crippen molar-refractivity contribution < 1.29 is 28.6 Å². The molecule has 0 aliphatic carbocycles. The Balaban J connectivity index is 1.12. The third kappa shape index (κ3) is 7.39. The van der Waals surface area contributed by atoms with Crippen molar-refractivity contribution >= 4 is 34.7 Å². The molecule has 2 N–H and O–H groups in total. The first-order valence-corrected chi connectivity index (χ1v) is 14.9. The molecule has 4 heterocycles. The number of anilines is 1. The van der Waals surface area contributed by atoms with Gasteiger partial charge in [0.1, 0.15) is 18.5 Å². The number of hydrogen-bond acceptors (Lipinski definition) is 8. The summed E-state index contributed by atoms with van der Waals surface area (Å²) >= 11 is 1.53. The molecule has 40 heavy (non-hydrogen) atoms. The third-order valence-electron chi connectivity index (χ3n) is 7.70. The van der Waals surface area contributed by atoms with Crippen molar-refractivity contribution in [1.82, 2.24) is 15.1 Å². The largest absolute Gasteiger partial charge is 0.490 e. The molecule has 0 spiro atoms. The number of nitrogens with one attached hydrogen (secondary N) is 2. The van der Waals surface area contributed by atoms with Gasteiger partial charge in [-0.05, 0) is 55.5 Å². The van der Waals surface area contributed by atoms with Gasteiger partial charge in [-0.25, -0.2) is 0 Å². The summed E-state index contributed by atoms with van der Waals surface area (Å²) in [6.07, 6.45) is 2.34. The maximum absolute atomic E-state index is 13.5. The van der Waals surface area contributed by atoms with Crippen LogP contribution in [0.25, 0.3) is 0 Å². The second-order valence-electron chi connectivity index (χ2n) is 10.5. The fourth-order valence-electron chi connectivity index (χ4n) is 5.52. The molecule has 1 aromatic heterocycles. The van der Waals surface area contributed by atoms with E-state index in [9.17, 15) is 14.4 Å². The predicted molar refractivity (Wildman–Crippen MR) is 152 cm³/mol. The lowest BCUT2D eigenvalue weighted by Crippen LogP contribution is -2.54. The van der Waals surface area contributed by atoms with Gasteiger partial charge < -0.3 is 29.7 Å². The predicted octanol–water partition coefficient (Wildman–Crippen LogP) is 2.54. The molecule has 0 saturated carbocycles. The molecule has 3 amide bonds. The van der Waals surface area contributed by atoms with E-state index in [0.29, 0.717) is 36.4 Å². The number of ether oxygens (including phenoxy) is 3. The molecule has 0 radical (unpaired) electrons. The lowest BCUT2D eigenvalue weighted by molar-refractivity contribution is -0.134. The lowest BCUT2D eigenvalue weighted by atomic mass is 9.94. The van der Waals surface area contributed by atoms with Crippen LogP contribution in [0.2, 0.25) is 0 Å². The number of thiophene rings is 1. The second kappa shape index (κ2) is 13.6. The van der Waals surface area contributed by atoms with Crippen LogP contribution in [0.5, 0.6) is 5.75 Å². The van der Waals surface area contributed by atoms with Crippen molar-refractivity contribution in [2.75, 3.05) is 58.4 Å². The molecule has 10 nitrogen and oxygen atoms in total. The summed E-state index contributed by atoms with van der Waals surface area (Å²) in [7, 11) is 1.78.